The van der Waals surface area contributed by atoms with E-state index in [9.17, 15) is 0 Å². The first kappa shape index (κ1) is 11.4. The molecule has 0 amide bonds. The molecule has 2 heterocycles. The number of nitrogens with zero attached hydrogens (tertiary/aromatic N) is 2. The predicted molar refractivity (Wildman–Crippen MR) is 68.7 cm³/mol. The van der Waals surface area contributed by atoms with Crippen LogP contribution in [0.1, 0.15) is 26.3 Å². The summed E-state index contributed by atoms with van der Waals surface area (Å²) in [5.74, 6) is 3.50. The molecule has 1 aromatic heterocycles. The first-order chi connectivity index (χ1) is 7.58. The van der Waals surface area contributed by atoms with Gasteiger partial charge in [-0.1, -0.05) is 26.8 Å². The van der Waals surface area contributed by atoms with Crippen molar-refractivity contribution >= 4 is 5.82 Å². The van der Waals surface area contributed by atoms with Crippen molar-refractivity contribution in [3.05, 3.63) is 23.9 Å². The molecule has 0 bridgehead atoms. The first-order valence-corrected chi connectivity index (χ1v) is 6.25. The molecule has 0 aromatic carbocycles. The molecule has 0 aliphatic carbocycles. The van der Waals surface area contributed by atoms with Crippen LogP contribution in [0.3, 0.4) is 0 Å². The summed E-state index contributed by atoms with van der Waals surface area (Å²) >= 11 is 0. The van der Waals surface area contributed by atoms with Gasteiger partial charge in [0.2, 0.25) is 0 Å². The first-order valence-electron chi connectivity index (χ1n) is 6.25. The molecule has 1 aromatic rings. The molecule has 16 heavy (non-hydrogen) atoms. The minimum absolute atomic E-state index is 0.769. The molecule has 88 valence electrons. The predicted octanol–water partition coefficient (Wildman–Crippen LogP) is 3.12. The highest BCUT2D eigenvalue weighted by atomic mass is 15.2. The Labute approximate surface area is 98.7 Å². The van der Waals surface area contributed by atoms with E-state index in [0.717, 1.165) is 36.7 Å². The standard InChI is InChI=1S/C14H22N2/c1-10(2)13-9-16(8-12(13)4)14-6-5-11(3)7-15-14/h5-7,10,12-13H,8-9H2,1-4H3. The number of pyridine rings is 1. The molecule has 0 N–H and O–H groups in total. The Balaban J connectivity index is 2.10. The van der Waals surface area contributed by atoms with Crippen LogP contribution in [0.15, 0.2) is 18.3 Å². The third-order valence-corrected chi connectivity index (χ3v) is 3.75. The van der Waals surface area contributed by atoms with Gasteiger partial charge >= 0.3 is 0 Å². The summed E-state index contributed by atoms with van der Waals surface area (Å²) in [5, 5.41) is 0. The molecule has 2 atom stereocenters. The molecule has 1 aliphatic rings. The van der Waals surface area contributed by atoms with Gasteiger partial charge in [0.25, 0.3) is 0 Å². The second-order valence-electron chi connectivity index (χ2n) is 5.48. The van der Waals surface area contributed by atoms with E-state index in [1.165, 1.54) is 5.56 Å². The fraction of sp³-hybridized carbons (Fsp3) is 0.643. The van der Waals surface area contributed by atoms with Crippen LogP contribution < -0.4 is 4.90 Å². The molecule has 2 nitrogen and oxygen atoms in total. The molecule has 0 radical (unpaired) electrons. The number of aryl methyl sites for hydroxylation is 1. The fourth-order valence-corrected chi connectivity index (χ4v) is 2.69. The number of hydrogen-bond acceptors (Lipinski definition) is 2. The average molecular weight is 218 g/mol. The smallest absolute Gasteiger partial charge is 0.128 e. The summed E-state index contributed by atoms with van der Waals surface area (Å²) in [6, 6.07) is 4.29. The van der Waals surface area contributed by atoms with Gasteiger partial charge in [-0.05, 0) is 36.3 Å². The van der Waals surface area contributed by atoms with Gasteiger partial charge in [0, 0.05) is 19.3 Å². The zero-order chi connectivity index (χ0) is 11.7. The van der Waals surface area contributed by atoms with Gasteiger partial charge in [-0.2, -0.15) is 0 Å². The highest BCUT2D eigenvalue weighted by Crippen LogP contribution is 2.31. The van der Waals surface area contributed by atoms with Gasteiger partial charge in [-0.3, -0.25) is 0 Å². The van der Waals surface area contributed by atoms with Crippen LogP contribution >= 0.6 is 0 Å². The van der Waals surface area contributed by atoms with Crippen molar-refractivity contribution < 1.29 is 0 Å². The van der Waals surface area contributed by atoms with Crippen molar-refractivity contribution in [3.63, 3.8) is 0 Å². The van der Waals surface area contributed by atoms with Crippen molar-refractivity contribution in [1.29, 1.82) is 0 Å². The van der Waals surface area contributed by atoms with Crippen molar-refractivity contribution in [2.24, 2.45) is 17.8 Å². The third kappa shape index (κ3) is 2.21. The minimum atomic E-state index is 0.769. The molecule has 1 aliphatic heterocycles. The molecule has 2 unspecified atom stereocenters. The average Bonchev–Trinajstić information content (AvgIpc) is 2.61. The molecular weight excluding hydrogens is 196 g/mol. The lowest BCUT2D eigenvalue weighted by Gasteiger charge is -2.19. The quantitative estimate of drug-likeness (QED) is 0.758. The molecule has 1 saturated heterocycles. The third-order valence-electron chi connectivity index (χ3n) is 3.75. The SMILES string of the molecule is Cc1ccc(N2CC(C)C(C(C)C)C2)nc1. The Kier molecular flexibility index (Phi) is 3.17. The Morgan fingerprint density at radius 2 is 2.06 bits per heavy atom. The van der Waals surface area contributed by atoms with Gasteiger partial charge < -0.3 is 4.90 Å². The van der Waals surface area contributed by atoms with Crippen molar-refractivity contribution in [3.8, 4) is 0 Å². The maximum absolute atomic E-state index is 4.51. The van der Waals surface area contributed by atoms with Gasteiger partial charge in [0.05, 0.1) is 0 Å². The fourth-order valence-electron chi connectivity index (χ4n) is 2.69. The molecule has 1 fully saturated rings. The van der Waals surface area contributed by atoms with Crippen LogP contribution in [0, 0.1) is 24.7 Å². The molecular formula is C14H22N2. The summed E-state index contributed by atoms with van der Waals surface area (Å²) in [7, 11) is 0. The van der Waals surface area contributed by atoms with E-state index in [4.69, 9.17) is 0 Å². The van der Waals surface area contributed by atoms with E-state index < -0.39 is 0 Å². The van der Waals surface area contributed by atoms with Crippen LogP contribution in [0.5, 0.6) is 0 Å². The zero-order valence-electron chi connectivity index (χ0n) is 10.8. The number of anilines is 1. The Bertz CT molecular complexity index is 342. The van der Waals surface area contributed by atoms with Crippen LogP contribution in [-0.4, -0.2) is 18.1 Å². The number of hydrogen-bond donors (Lipinski definition) is 0. The summed E-state index contributed by atoms with van der Waals surface area (Å²) in [6.45, 7) is 11.4. The van der Waals surface area contributed by atoms with Gasteiger partial charge in [0.1, 0.15) is 5.82 Å². The van der Waals surface area contributed by atoms with E-state index in [1.54, 1.807) is 0 Å². The Hall–Kier alpha value is -1.05. The summed E-state index contributed by atoms with van der Waals surface area (Å²) < 4.78 is 0. The second-order valence-corrected chi connectivity index (χ2v) is 5.48. The van der Waals surface area contributed by atoms with Crippen LogP contribution in [0.2, 0.25) is 0 Å². The molecule has 2 heteroatoms. The molecule has 2 rings (SSSR count). The van der Waals surface area contributed by atoms with Gasteiger partial charge in [-0.25, -0.2) is 4.98 Å². The largest absolute Gasteiger partial charge is 0.356 e. The zero-order valence-corrected chi connectivity index (χ0v) is 10.8. The topological polar surface area (TPSA) is 16.1 Å². The van der Waals surface area contributed by atoms with Crippen molar-refractivity contribution in [1.82, 2.24) is 4.98 Å². The lowest BCUT2D eigenvalue weighted by atomic mass is 9.88. The van der Waals surface area contributed by atoms with E-state index in [0.29, 0.717) is 0 Å². The van der Waals surface area contributed by atoms with E-state index in [1.807, 2.05) is 6.20 Å². The monoisotopic (exact) mass is 218 g/mol. The van der Waals surface area contributed by atoms with Crippen LogP contribution in [0.4, 0.5) is 5.82 Å². The Morgan fingerprint density at radius 3 is 2.56 bits per heavy atom. The molecule has 0 spiro atoms. The van der Waals surface area contributed by atoms with Crippen molar-refractivity contribution in [2.75, 3.05) is 18.0 Å². The van der Waals surface area contributed by atoms with E-state index in [-0.39, 0.29) is 0 Å². The highest BCUT2D eigenvalue weighted by Gasteiger charge is 2.31. The normalized spacial score (nSPS) is 25.4. The summed E-state index contributed by atoms with van der Waals surface area (Å²) in [4.78, 5) is 6.94. The number of rotatable bonds is 2. The van der Waals surface area contributed by atoms with Gasteiger partial charge in [0.15, 0.2) is 0 Å². The lowest BCUT2D eigenvalue weighted by molar-refractivity contribution is 0.340. The van der Waals surface area contributed by atoms with Crippen LogP contribution in [0.25, 0.3) is 0 Å². The number of aromatic nitrogens is 1. The Morgan fingerprint density at radius 1 is 1.31 bits per heavy atom. The summed E-state index contributed by atoms with van der Waals surface area (Å²) in [5.41, 5.74) is 1.23. The lowest BCUT2D eigenvalue weighted by Crippen LogP contribution is -2.22. The minimum Gasteiger partial charge on any atom is -0.356 e. The van der Waals surface area contributed by atoms with Crippen LogP contribution in [-0.2, 0) is 0 Å². The van der Waals surface area contributed by atoms with E-state index >= 15 is 0 Å². The van der Waals surface area contributed by atoms with Crippen molar-refractivity contribution in [2.45, 2.75) is 27.7 Å². The summed E-state index contributed by atoms with van der Waals surface area (Å²) in [6.07, 6.45) is 1.96. The van der Waals surface area contributed by atoms with Gasteiger partial charge in [-0.15, -0.1) is 0 Å². The maximum Gasteiger partial charge on any atom is 0.128 e. The van der Waals surface area contributed by atoms with E-state index in [2.05, 4.69) is 49.7 Å². The highest BCUT2D eigenvalue weighted by molar-refractivity contribution is 5.40. The maximum atomic E-state index is 4.51. The molecule has 0 saturated carbocycles. The second kappa shape index (κ2) is 4.44.